The van der Waals surface area contributed by atoms with Crippen molar-refractivity contribution in [2.24, 2.45) is 5.92 Å². The van der Waals surface area contributed by atoms with Crippen molar-refractivity contribution in [3.05, 3.63) is 34.9 Å². The maximum atomic E-state index is 11.2. The molecule has 1 fully saturated rings. The first-order valence-electron chi connectivity index (χ1n) is 6.85. The summed E-state index contributed by atoms with van der Waals surface area (Å²) < 4.78 is 0. The van der Waals surface area contributed by atoms with Crippen LogP contribution >= 0.6 is 0 Å². The van der Waals surface area contributed by atoms with Crippen LogP contribution in [0.5, 0.6) is 0 Å². The molecule has 18 heavy (non-hydrogen) atoms. The fourth-order valence-corrected chi connectivity index (χ4v) is 3.15. The van der Waals surface area contributed by atoms with Crippen LogP contribution in [0.1, 0.15) is 37.0 Å². The van der Waals surface area contributed by atoms with Crippen molar-refractivity contribution in [3.8, 4) is 0 Å². The molecule has 2 heteroatoms. The molecule has 0 radical (unpaired) electrons. The second kappa shape index (κ2) is 4.67. The number of hydrogen-bond donors (Lipinski definition) is 1. The molecule has 1 N–H and O–H groups in total. The Bertz CT molecular complexity index is 443. The van der Waals surface area contributed by atoms with E-state index < -0.39 is 5.60 Å². The smallest absolute Gasteiger partial charge is 0.0951 e. The van der Waals surface area contributed by atoms with Crippen molar-refractivity contribution in [2.75, 3.05) is 13.6 Å². The van der Waals surface area contributed by atoms with E-state index in [1.807, 2.05) is 0 Å². The third-order valence-corrected chi connectivity index (χ3v) is 4.60. The zero-order chi connectivity index (χ0) is 13.5. The molecule has 1 aliphatic rings. The van der Waals surface area contributed by atoms with Crippen molar-refractivity contribution in [2.45, 2.75) is 45.8 Å². The highest BCUT2D eigenvalue weighted by Crippen LogP contribution is 2.40. The summed E-state index contributed by atoms with van der Waals surface area (Å²) in [6, 6.07) is 6.82. The minimum atomic E-state index is -0.679. The molecule has 1 aromatic rings. The average molecular weight is 247 g/mol. The molecule has 0 spiro atoms. The summed E-state index contributed by atoms with van der Waals surface area (Å²) in [5.41, 5.74) is 2.87. The van der Waals surface area contributed by atoms with Gasteiger partial charge in [-0.1, -0.05) is 30.7 Å². The van der Waals surface area contributed by atoms with Gasteiger partial charge in [-0.2, -0.15) is 0 Å². The van der Waals surface area contributed by atoms with Gasteiger partial charge in [-0.25, -0.2) is 0 Å². The number of rotatable bonds is 1. The van der Waals surface area contributed by atoms with Gasteiger partial charge in [-0.05, 0) is 45.4 Å². The third kappa shape index (κ3) is 2.19. The molecule has 2 rings (SSSR count). The predicted octanol–water partition coefficient (Wildman–Crippen LogP) is 2.85. The summed E-state index contributed by atoms with van der Waals surface area (Å²) in [6.07, 6.45) is 0.814. The SMILES string of the molecule is Cc1ccc(C)c([C@]2(O)C[C@@H](C)N(C)C[C@@H]2C)c1. The molecule has 0 saturated carbocycles. The summed E-state index contributed by atoms with van der Waals surface area (Å²) in [7, 11) is 2.14. The second-order valence-electron chi connectivity index (χ2n) is 6.14. The maximum Gasteiger partial charge on any atom is 0.0951 e. The van der Waals surface area contributed by atoms with E-state index in [2.05, 4.69) is 57.8 Å². The number of hydrogen-bond acceptors (Lipinski definition) is 2. The van der Waals surface area contributed by atoms with Crippen LogP contribution in [0.25, 0.3) is 0 Å². The van der Waals surface area contributed by atoms with Crippen LogP contribution in [0.4, 0.5) is 0 Å². The zero-order valence-electron chi connectivity index (χ0n) is 12.2. The standard InChI is InChI=1S/C16H25NO/c1-11-6-7-12(2)15(8-11)16(18)9-14(4)17(5)10-13(16)3/h6-8,13-14,18H,9-10H2,1-5H3/t13-,14+,16-/m0/s1. The zero-order valence-corrected chi connectivity index (χ0v) is 12.2. The fourth-order valence-electron chi connectivity index (χ4n) is 3.15. The first-order chi connectivity index (χ1) is 8.34. The van der Waals surface area contributed by atoms with E-state index in [1.165, 1.54) is 11.1 Å². The highest BCUT2D eigenvalue weighted by atomic mass is 16.3. The van der Waals surface area contributed by atoms with E-state index in [0.717, 1.165) is 18.5 Å². The number of benzene rings is 1. The van der Waals surface area contributed by atoms with Gasteiger partial charge in [0.1, 0.15) is 0 Å². The van der Waals surface area contributed by atoms with Crippen LogP contribution in [-0.4, -0.2) is 29.6 Å². The molecule has 0 aromatic heterocycles. The minimum Gasteiger partial charge on any atom is -0.385 e. The van der Waals surface area contributed by atoms with Crippen molar-refractivity contribution in [1.29, 1.82) is 0 Å². The monoisotopic (exact) mass is 247 g/mol. The first-order valence-corrected chi connectivity index (χ1v) is 6.85. The van der Waals surface area contributed by atoms with Gasteiger partial charge in [-0.15, -0.1) is 0 Å². The van der Waals surface area contributed by atoms with Gasteiger partial charge in [0.2, 0.25) is 0 Å². The lowest BCUT2D eigenvalue weighted by Crippen LogP contribution is -2.51. The summed E-state index contributed by atoms with van der Waals surface area (Å²) in [5.74, 6) is 0.263. The molecule has 0 bridgehead atoms. The second-order valence-corrected chi connectivity index (χ2v) is 6.14. The van der Waals surface area contributed by atoms with E-state index in [0.29, 0.717) is 6.04 Å². The molecule has 0 aliphatic carbocycles. The van der Waals surface area contributed by atoms with Crippen molar-refractivity contribution >= 4 is 0 Å². The molecule has 1 heterocycles. The first kappa shape index (κ1) is 13.6. The van der Waals surface area contributed by atoms with Crippen molar-refractivity contribution < 1.29 is 5.11 Å². The topological polar surface area (TPSA) is 23.5 Å². The summed E-state index contributed by atoms with van der Waals surface area (Å²) in [4.78, 5) is 2.34. The van der Waals surface area contributed by atoms with Gasteiger partial charge in [-0.3, -0.25) is 0 Å². The number of nitrogens with zero attached hydrogens (tertiary/aromatic N) is 1. The molecular weight excluding hydrogens is 222 g/mol. The maximum absolute atomic E-state index is 11.2. The van der Waals surface area contributed by atoms with Crippen molar-refractivity contribution in [1.82, 2.24) is 4.90 Å². The summed E-state index contributed by atoms with van der Waals surface area (Å²) in [6.45, 7) is 9.50. The quantitative estimate of drug-likeness (QED) is 0.825. The molecule has 0 amide bonds. The van der Waals surface area contributed by atoms with E-state index >= 15 is 0 Å². The Balaban J connectivity index is 2.43. The minimum absolute atomic E-state index is 0.263. The lowest BCUT2D eigenvalue weighted by Gasteiger charge is -2.46. The Kier molecular flexibility index (Phi) is 3.52. The molecule has 1 aliphatic heterocycles. The van der Waals surface area contributed by atoms with Gasteiger partial charge < -0.3 is 10.0 Å². The highest BCUT2D eigenvalue weighted by molar-refractivity contribution is 5.36. The molecule has 1 saturated heterocycles. The Labute approximate surface area is 111 Å². The van der Waals surface area contributed by atoms with Gasteiger partial charge in [0.25, 0.3) is 0 Å². The number of piperidine rings is 1. The predicted molar refractivity (Wildman–Crippen MR) is 75.7 cm³/mol. The van der Waals surface area contributed by atoms with Crippen LogP contribution in [-0.2, 0) is 5.60 Å². The van der Waals surface area contributed by atoms with Crippen LogP contribution in [0.2, 0.25) is 0 Å². The Morgan fingerprint density at radius 3 is 2.61 bits per heavy atom. The van der Waals surface area contributed by atoms with E-state index in [9.17, 15) is 5.11 Å². The largest absolute Gasteiger partial charge is 0.385 e. The van der Waals surface area contributed by atoms with E-state index in [-0.39, 0.29) is 5.92 Å². The fraction of sp³-hybridized carbons (Fsp3) is 0.625. The normalized spacial score (nSPS) is 33.7. The number of aryl methyl sites for hydroxylation is 2. The molecule has 1 aromatic carbocycles. The summed E-state index contributed by atoms with van der Waals surface area (Å²) >= 11 is 0. The molecule has 0 unspecified atom stereocenters. The molecule has 3 atom stereocenters. The van der Waals surface area contributed by atoms with Crippen LogP contribution in [0.3, 0.4) is 0 Å². The average Bonchev–Trinajstić information content (AvgIpc) is 2.30. The highest BCUT2D eigenvalue weighted by Gasteiger charge is 2.43. The Morgan fingerprint density at radius 2 is 1.94 bits per heavy atom. The van der Waals surface area contributed by atoms with E-state index in [1.54, 1.807) is 0 Å². The molecular formula is C16H25NO. The van der Waals surface area contributed by atoms with E-state index in [4.69, 9.17) is 0 Å². The van der Waals surface area contributed by atoms with Crippen molar-refractivity contribution in [3.63, 3.8) is 0 Å². The summed E-state index contributed by atoms with van der Waals surface area (Å²) in [5, 5.41) is 11.2. The van der Waals surface area contributed by atoms with Gasteiger partial charge in [0, 0.05) is 18.5 Å². The van der Waals surface area contributed by atoms with Gasteiger partial charge in [0.05, 0.1) is 5.60 Å². The van der Waals surface area contributed by atoms with Crippen LogP contribution < -0.4 is 0 Å². The molecule has 100 valence electrons. The third-order valence-electron chi connectivity index (χ3n) is 4.60. The lowest BCUT2D eigenvalue weighted by atomic mass is 9.73. The Morgan fingerprint density at radius 1 is 1.28 bits per heavy atom. The molecule has 2 nitrogen and oxygen atoms in total. The van der Waals surface area contributed by atoms with Crippen LogP contribution in [0.15, 0.2) is 18.2 Å². The number of aliphatic hydroxyl groups is 1. The lowest BCUT2D eigenvalue weighted by molar-refractivity contribution is -0.0847. The Hall–Kier alpha value is -0.860. The van der Waals surface area contributed by atoms with Gasteiger partial charge in [0.15, 0.2) is 0 Å². The number of likely N-dealkylation sites (tertiary alicyclic amines) is 1. The van der Waals surface area contributed by atoms with Crippen LogP contribution in [0, 0.1) is 19.8 Å². The van der Waals surface area contributed by atoms with Gasteiger partial charge >= 0.3 is 0 Å².